The van der Waals surface area contributed by atoms with Crippen molar-refractivity contribution in [3.05, 3.63) is 70.0 Å². The van der Waals surface area contributed by atoms with E-state index in [4.69, 9.17) is 0 Å². The number of thiophene rings is 1. The zero-order chi connectivity index (χ0) is 24.1. The molecule has 178 valence electrons. The maximum Gasteiger partial charge on any atom is 0.227 e. The van der Waals surface area contributed by atoms with Crippen LogP contribution in [0.4, 0.5) is 11.8 Å². The second-order valence-corrected chi connectivity index (χ2v) is 9.93. The van der Waals surface area contributed by atoms with Crippen LogP contribution in [0, 0.1) is 0 Å². The van der Waals surface area contributed by atoms with Crippen LogP contribution >= 0.6 is 11.3 Å². The molecular weight excluding hydrogens is 446 g/mol. The number of carbonyl (C=O) groups excluding carboxylic acids is 2. The average molecular weight is 478 g/mol. The molecule has 1 unspecified atom stereocenters. The second-order valence-electron chi connectivity index (χ2n) is 8.98. The summed E-state index contributed by atoms with van der Waals surface area (Å²) in [7, 11) is 3.92. The minimum atomic E-state index is -0.274. The summed E-state index contributed by atoms with van der Waals surface area (Å²) in [4.78, 5) is 36.9. The quantitative estimate of drug-likeness (QED) is 0.465. The summed E-state index contributed by atoms with van der Waals surface area (Å²) in [5.41, 5.74) is 1.55. The lowest BCUT2D eigenvalue weighted by atomic mass is 9.90. The second kappa shape index (κ2) is 10.8. The molecule has 3 aromatic rings. The van der Waals surface area contributed by atoms with Crippen LogP contribution in [0.15, 0.2) is 54.0 Å². The molecule has 0 bridgehead atoms. The standard InChI is InChI=1S/C26H31N5O2S/c1-17(18-6-8-19(9-7-18)24(32)22-5-4-16-34-22)25(33)28-20-10-12-21(13-11-20)29-26-27-15-14-23(30-26)31(2)3/h4-9,14-17,20-21H,10-13H2,1-3H3,(H,28,33)(H,27,29,30). The smallest absolute Gasteiger partial charge is 0.227 e. The van der Waals surface area contributed by atoms with Gasteiger partial charge in [-0.05, 0) is 55.7 Å². The van der Waals surface area contributed by atoms with Crippen LogP contribution in [0.5, 0.6) is 0 Å². The number of nitrogens with zero attached hydrogens (tertiary/aromatic N) is 3. The Morgan fingerprint density at radius 3 is 2.38 bits per heavy atom. The topological polar surface area (TPSA) is 87.2 Å². The van der Waals surface area contributed by atoms with Gasteiger partial charge in [0.2, 0.25) is 17.6 Å². The molecule has 4 rings (SSSR count). The monoisotopic (exact) mass is 477 g/mol. The van der Waals surface area contributed by atoms with Gasteiger partial charge in [-0.25, -0.2) is 4.98 Å². The first-order chi connectivity index (χ1) is 16.4. The fourth-order valence-corrected chi connectivity index (χ4v) is 4.87. The van der Waals surface area contributed by atoms with E-state index in [2.05, 4.69) is 20.6 Å². The third-order valence-electron chi connectivity index (χ3n) is 6.32. The fraction of sp³-hybridized carbons (Fsp3) is 0.385. The Morgan fingerprint density at radius 1 is 1.03 bits per heavy atom. The summed E-state index contributed by atoms with van der Waals surface area (Å²) in [6.07, 6.45) is 5.50. The lowest BCUT2D eigenvalue weighted by Gasteiger charge is -2.30. The molecule has 1 aromatic carbocycles. The van der Waals surface area contributed by atoms with E-state index in [0.29, 0.717) is 17.6 Å². The molecule has 0 radical (unpaired) electrons. The molecule has 2 N–H and O–H groups in total. The molecule has 0 saturated heterocycles. The van der Waals surface area contributed by atoms with Crippen molar-refractivity contribution in [2.45, 2.75) is 50.6 Å². The van der Waals surface area contributed by atoms with E-state index in [9.17, 15) is 9.59 Å². The van der Waals surface area contributed by atoms with Crippen LogP contribution in [0.1, 0.15) is 59.3 Å². The summed E-state index contributed by atoms with van der Waals surface area (Å²) < 4.78 is 0. The van der Waals surface area contributed by atoms with Gasteiger partial charge in [-0.1, -0.05) is 30.3 Å². The number of anilines is 2. The van der Waals surface area contributed by atoms with Gasteiger partial charge in [-0.2, -0.15) is 4.98 Å². The van der Waals surface area contributed by atoms with Crippen molar-refractivity contribution >= 4 is 34.8 Å². The molecule has 8 heteroatoms. The molecule has 0 spiro atoms. The van der Waals surface area contributed by atoms with Crippen molar-refractivity contribution in [3.8, 4) is 0 Å². The van der Waals surface area contributed by atoms with E-state index in [-0.39, 0.29) is 23.7 Å². The van der Waals surface area contributed by atoms with Gasteiger partial charge in [0.1, 0.15) is 5.82 Å². The largest absolute Gasteiger partial charge is 0.363 e. The molecule has 1 aliphatic carbocycles. The fourth-order valence-electron chi connectivity index (χ4n) is 4.18. The maximum absolute atomic E-state index is 12.9. The summed E-state index contributed by atoms with van der Waals surface area (Å²) in [5.74, 6) is 1.28. The van der Waals surface area contributed by atoms with E-state index in [1.807, 2.05) is 73.8 Å². The van der Waals surface area contributed by atoms with E-state index in [1.54, 1.807) is 6.20 Å². The number of benzene rings is 1. The highest BCUT2D eigenvalue weighted by molar-refractivity contribution is 7.12. The number of aromatic nitrogens is 2. The van der Waals surface area contributed by atoms with Crippen molar-refractivity contribution in [2.75, 3.05) is 24.3 Å². The van der Waals surface area contributed by atoms with Crippen molar-refractivity contribution < 1.29 is 9.59 Å². The van der Waals surface area contributed by atoms with Gasteiger partial charge in [0.25, 0.3) is 0 Å². The third-order valence-corrected chi connectivity index (χ3v) is 7.19. The van der Waals surface area contributed by atoms with Crippen LogP contribution in [-0.2, 0) is 4.79 Å². The Labute approximate surface area is 204 Å². The third kappa shape index (κ3) is 5.80. The van der Waals surface area contributed by atoms with Gasteiger partial charge in [0, 0.05) is 37.9 Å². The summed E-state index contributed by atoms with van der Waals surface area (Å²) in [5, 5.41) is 8.55. The number of nitrogens with one attached hydrogen (secondary N) is 2. The molecule has 1 amide bonds. The van der Waals surface area contributed by atoms with Crippen LogP contribution in [0.3, 0.4) is 0 Å². The lowest BCUT2D eigenvalue weighted by molar-refractivity contribution is -0.123. The van der Waals surface area contributed by atoms with Gasteiger partial charge in [-0.15, -0.1) is 11.3 Å². The summed E-state index contributed by atoms with van der Waals surface area (Å²) >= 11 is 1.44. The zero-order valence-corrected chi connectivity index (χ0v) is 20.6. The molecule has 2 heterocycles. The zero-order valence-electron chi connectivity index (χ0n) is 19.8. The van der Waals surface area contributed by atoms with Crippen molar-refractivity contribution in [3.63, 3.8) is 0 Å². The molecule has 2 aromatic heterocycles. The Balaban J connectivity index is 1.26. The number of rotatable bonds is 8. The first-order valence-electron chi connectivity index (χ1n) is 11.7. The number of amides is 1. The molecule has 34 heavy (non-hydrogen) atoms. The Kier molecular flexibility index (Phi) is 7.57. The number of hydrogen-bond donors (Lipinski definition) is 2. The molecule has 7 nitrogen and oxygen atoms in total. The first kappa shape index (κ1) is 23.9. The predicted octanol–water partition coefficient (Wildman–Crippen LogP) is 4.48. The minimum Gasteiger partial charge on any atom is -0.363 e. The van der Waals surface area contributed by atoms with Gasteiger partial charge in [0.05, 0.1) is 10.8 Å². The average Bonchev–Trinajstić information content (AvgIpc) is 3.40. The van der Waals surface area contributed by atoms with Gasteiger partial charge < -0.3 is 15.5 Å². The lowest BCUT2D eigenvalue weighted by Crippen LogP contribution is -2.41. The van der Waals surface area contributed by atoms with Gasteiger partial charge >= 0.3 is 0 Å². The SMILES string of the molecule is CC(C(=O)NC1CCC(Nc2nccc(N(C)C)n2)CC1)c1ccc(C(=O)c2cccs2)cc1. The van der Waals surface area contributed by atoms with Gasteiger partial charge in [0.15, 0.2) is 0 Å². The molecule has 1 fully saturated rings. The summed E-state index contributed by atoms with van der Waals surface area (Å²) in [6, 6.07) is 13.4. The number of carbonyl (C=O) groups is 2. The van der Waals surface area contributed by atoms with E-state index >= 15 is 0 Å². The highest BCUT2D eigenvalue weighted by atomic mass is 32.1. The number of hydrogen-bond acceptors (Lipinski definition) is 7. The molecule has 0 aliphatic heterocycles. The Morgan fingerprint density at radius 2 is 1.74 bits per heavy atom. The van der Waals surface area contributed by atoms with Crippen LogP contribution in [-0.4, -0.2) is 47.8 Å². The Hall–Kier alpha value is -3.26. The molecular formula is C26H31N5O2S. The van der Waals surface area contributed by atoms with Crippen molar-refractivity contribution in [1.82, 2.24) is 15.3 Å². The van der Waals surface area contributed by atoms with Crippen LogP contribution < -0.4 is 15.5 Å². The van der Waals surface area contributed by atoms with Crippen LogP contribution in [0.2, 0.25) is 0 Å². The maximum atomic E-state index is 12.9. The van der Waals surface area contributed by atoms with Crippen molar-refractivity contribution in [1.29, 1.82) is 0 Å². The van der Waals surface area contributed by atoms with Gasteiger partial charge in [-0.3, -0.25) is 9.59 Å². The normalized spacial score (nSPS) is 18.7. The molecule has 1 saturated carbocycles. The highest BCUT2D eigenvalue weighted by Gasteiger charge is 2.25. The first-order valence-corrected chi connectivity index (χ1v) is 12.5. The van der Waals surface area contributed by atoms with E-state index in [1.165, 1.54) is 11.3 Å². The van der Waals surface area contributed by atoms with Crippen LogP contribution in [0.25, 0.3) is 0 Å². The predicted molar refractivity (Wildman–Crippen MR) is 137 cm³/mol. The van der Waals surface area contributed by atoms with Crippen molar-refractivity contribution in [2.24, 2.45) is 0 Å². The van der Waals surface area contributed by atoms with E-state index in [0.717, 1.165) is 41.9 Å². The molecule has 1 atom stereocenters. The minimum absolute atomic E-state index is 0.0165. The highest BCUT2D eigenvalue weighted by Crippen LogP contribution is 2.24. The molecule has 1 aliphatic rings. The number of ketones is 1. The summed E-state index contributed by atoms with van der Waals surface area (Å²) in [6.45, 7) is 1.91. The Bertz CT molecular complexity index is 1110. The van der Waals surface area contributed by atoms with E-state index < -0.39 is 0 Å².